The molecule has 0 bridgehead atoms. The van der Waals surface area contributed by atoms with Gasteiger partial charge in [-0.25, -0.2) is 5.01 Å². The molecule has 1 heterocycles. The fourth-order valence-electron chi connectivity index (χ4n) is 5.40. The standard InChI is InChI=1S/C32H66N2O/c1-2-3-4-5-6-7-8-9-10-11-12-13-14-15-16-17-18-19-20-21-22-23-24-25-26-27-28-33-34-29-31-35-32-30-34/h33H,2-32H2,1H3. The van der Waals surface area contributed by atoms with Gasteiger partial charge in [0.15, 0.2) is 0 Å². The molecule has 0 amide bonds. The minimum atomic E-state index is 0.881. The fourth-order valence-corrected chi connectivity index (χ4v) is 5.40. The first-order valence-corrected chi connectivity index (χ1v) is 16.5. The number of ether oxygens (including phenoxy) is 1. The highest BCUT2D eigenvalue weighted by molar-refractivity contribution is 4.57. The second kappa shape index (κ2) is 28.5. The lowest BCUT2D eigenvalue weighted by atomic mass is 10.0. The molecule has 1 N–H and O–H groups in total. The summed E-state index contributed by atoms with van der Waals surface area (Å²) in [5.41, 5.74) is 3.54. The van der Waals surface area contributed by atoms with Crippen LogP contribution in [0.1, 0.15) is 174 Å². The summed E-state index contributed by atoms with van der Waals surface area (Å²) in [7, 11) is 0. The van der Waals surface area contributed by atoms with Gasteiger partial charge in [0.05, 0.1) is 13.2 Å². The molecule has 0 saturated carbocycles. The SMILES string of the molecule is CCCCCCCCCCCCCCCCCCCCCCCCCCCCNN1CCOCC1. The Morgan fingerprint density at radius 3 is 1.03 bits per heavy atom. The van der Waals surface area contributed by atoms with Crippen LogP contribution in [-0.2, 0) is 4.74 Å². The van der Waals surface area contributed by atoms with Crippen molar-refractivity contribution in [1.82, 2.24) is 10.4 Å². The van der Waals surface area contributed by atoms with Gasteiger partial charge in [-0.1, -0.05) is 167 Å². The molecule has 1 aliphatic rings. The Labute approximate surface area is 221 Å². The van der Waals surface area contributed by atoms with Crippen LogP contribution in [-0.4, -0.2) is 37.9 Å². The number of nitrogens with zero attached hydrogens (tertiary/aromatic N) is 1. The van der Waals surface area contributed by atoms with Crippen LogP contribution < -0.4 is 5.43 Å². The number of unbranched alkanes of at least 4 members (excludes halogenated alkanes) is 25. The first-order valence-electron chi connectivity index (χ1n) is 16.5. The third-order valence-electron chi connectivity index (χ3n) is 7.88. The average molecular weight is 495 g/mol. The summed E-state index contributed by atoms with van der Waals surface area (Å²) < 4.78 is 5.38. The summed E-state index contributed by atoms with van der Waals surface area (Å²) in [6.45, 7) is 7.29. The smallest absolute Gasteiger partial charge is 0.0608 e. The largest absolute Gasteiger partial charge is 0.379 e. The molecule has 0 aromatic heterocycles. The van der Waals surface area contributed by atoms with Crippen molar-refractivity contribution < 1.29 is 4.74 Å². The lowest BCUT2D eigenvalue weighted by Gasteiger charge is -2.27. The Kier molecular flexibility index (Phi) is 26.8. The predicted octanol–water partition coefficient (Wildman–Crippen LogP) is 9.99. The second-order valence-electron chi connectivity index (χ2n) is 11.3. The van der Waals surface area contributed by atoms with Crippen LogP contribution in [0.3, 0.4) is 0 Å². The summed E-state index contributed by atoms with van der Waals surface area (Å²) in [5, 5.41) is 2.32. The van der Waals surface area contributed by atoms with Gasteiger partial charge in [0, 0.05) is 19.6 Å². The number of morpholine rings is 1. The van der Waals surface area contributed by atoms with Crippen molar-refractivity contribution >= 4 is 0 Å². The summed E-state index contributed by atoms with van der Waals surface area (Å²) in [6, 6.07) is 0. The molecule has 0 radical (unpaired) electrons. The summed E-state index contributed by atoms with van der Waals surface area (Å²) in [6.07, 6.45) is 38.0. The molecule has 0 aromatic carbocycles. The lowest BCUT2D eigenvalue weighted by molar-refractivity contribution is 0.0118. The molecule has 0 atom stereocenters. The summed E-state index contributed by atoms with van der Waals surface area (Å²) in [4.78, 5) is 0. The zero-order valence-corrected chi connectivity index (χ0v) is 24.3. The Morgan fingerprint density at radius 2 is 0.714 bits per heavy atom. The quantitative estimate of drug-likeness (QED) is 0.109. The monoisotopic (exact) mass is 495 g/mol. The maximum atomic E-state index is 5.38. The Morgan fingerprint density at radius 1 is 0.429 bits per heavy atom. The van der Waals surface area contributed by atoms with Gasteiger partial charge in [0.2, 0.25) is 0 Å². The number of nitrogens with one attached hydrogen (secondary N) is 1. The first-order chi connectivity index (χ1) is 17.4. The molecule has 1 fully saturated rings. The van der Waals surface area contributed by atoms with Gasteiger partial charge >= 0.3 is 0 Å². The van der Waals surface area contributed by atoms with Crippen LogP contribution in [0.4, 0.5) is 0 Å². The highest BCUT2D eigenvalue weighted by Gasteiger charge is 2.08. The molecule has 3 heteroatoms. The lowest BCUT2D eigenvalue weighted by Crippen LogP contribution is -2.45. The molecular weight excluding hydrogens is 428 g/mol. The van der Waals surface area contributed by atoms with Crippen molar-refractivity contribution in [1.29, 1.82) is 0 Å². The van der Waals surface area contributed by atoms with Crippen LogP contribution in [0, 0.1) is 0 Å². The molecule has 1 aliphatic heterocycles. The zero-order valence-electron chi connectivity index (χ0n) is 24.3. The highest BCUT2D eigenvalue weighted by Crippen LogP contribution is 2.16. The van der Waals surface area contributed by atoms with E-state index in [1.807, 2.05) is 0 Å². The summed E-state index contributed by atoms with van der Waals surface area (Å²) >= 11 is 0. The number of hydrazine groups is 1. The number of rotatable bonds is 28. The van der Waals surface area contributed by atoms with E-state index < -0.39 is 0 Å². The zero-order chi connectivity index (χ0) is 24.9. The first kappa shape index (κ1) is 32.9. The molecule has 0 unspecified atom stereocenters. The van der Waals surface area contributed by atoms with Crippen LogP contribution >= 0.6 is 0 Å². The highest BCUT2D eigenvalue weighted by atomic mass is 16.5. The van der Waals surface area contributed by atoms with Crippen molar-refractivity contribution in [2.24, 2.45) is 0 Å². The third-order valence-corrected chi connectivity index (χ3v) is 7.88. The van der Waals surface area contributed by atoms with Crippen molar-refractivity contribution in [3.05, 3.63) is 0 Å². The van der Waals surface area contributed by atoms with E-state index in [4.69, 9.17) is 4.74 Å². The topological polar surface area (TPSA) is 24.5 Å². The maximum Gasteiger partial charge on any atom is 0.0608 e. The molecule has 0 aromatic rings. The van der Waals surface area contributed by atoms with E-state index in [0.29, 0.717) is 0 Å². The maximum absolute atomic E-state index is 5.38. The van der Waals surface area contributed by atoms with E-state index in [0.717, 1.165) is 32.8 Å². The van der Waals surface area contributed by atoms with E-state index in [9.17, 15) is 0 Å². The molecule has 35 heavy (non-hydrogen) atoms. The Hall–Kier alpha value is -0.120. The molecule has 0 aliphatic carbocycles. The van der Waals surface area contributed by atoms with Crippen LogP contribution in [0.25, 0.3) is 0 Å². The van der Waals surface area contributed by atoms with Gasteiger partial charge in [0.25, 0.3) is 0 Å². The molecule has 210 valence electrons. The van der Waals surface area contributed by atoms with Gasteiger partial charge in [-0.05, 0) is 6.42 Å². The third kappa shape index (κ3) is 25.3. The van der Waals surface area contributed by atoms with Gasteiger partial charge in [0.1, 0.15) is 0 Å². The molecular formula is C32H66N2O. The van der Waals surface area contributed by atoms with Crippen molar-refractivity contribution in [3.8, 4) is 0 Å². The van der Waals surface area contributed by atoms with E-state index in [-0.39, 0.29) is 0 Å². The predicted molar refractivity (Wildman–Crippen MR) is 156 cm³/mol. The minimum absolute atomic E-state index is 0.881. The number of hydrogen-bond donors (Lipinski definition) is 1. The van der Waals surface area contributed by atoms with Gasteiger partial charge in [-0.3, -0.25) is 5.43 Å². The molecule has 1 rings (SSSR count). The summed E-state index contributed by atoms with van der Waals surface area (Å²) in [5.74, 6) is 0. The van der Waals surface area contributed by atoms with E-state index in [2.05, 4.69) is 17.4 Å². The van der Waals surface area contributed by atoms with Gasteiger partial charge < -0.3 is 4.74 Å². The average Bonchev–Trinajstić information content (AvgIpc) is 2.89. The van der Waals surface area contributed by atoms with Crippen LogP contribution in [0.15, 0.2) is 0 Å². The molecule has 3 nitrogen and oxygen atoms in total. The Balaban J connectivity index is 1.61. The van der Waals surface area contributed by atoms with Crippen molar-refractivity contribution in [2.75, 3.05) is 32.8 Å². The van der Waals surface area contributed by atoms with Gasteiger partial charge in [-0.15, -0.1) is 0 Å². The second-order valence-corrected chi connectivity index (χ2v) is 11.3. The normalized spacial score (nSPS) is 14.7. The Bertz CT molecular complexity index is 384. The molecule has 1 saturated heterocycles. The van der Waals surface area contributed by atoms with Crippen molar-refractivity contribution in [2.45, 2.75) is 174 Å². The van der Waals surface area contributed by atoms with Gasteiger partial charge in [-0.2, -0.15) is 0 Å². The van der Waals surface area contributed by atoms with Crippen LogP contribution in [0.5, 0.6) is 0 Å². The van der Waals surface area contributed by atoms with E-state index in [1.54, 1.807) is 0 Å². The minimum Gasteiger partial charge on any atom is -0.379 e. The van der Waals surface area contributed by atoms with E-state index >= 15 is 0 Å². The van der Waals surface area contributed by atoms with Crippen LogP contribution in [0.2, 0.25) is 0 Å². The van der Waals surface area contributed by atoms with Crippen molar-refractivity contribution in [3.63, 3.8) is 0 Å². The van der Waals surface area contributed by atoms with E-state index in [1.165, 1.54) is 167 Å². The number of hydrogen-bond acceptors (Lipinski definition) is 3. The molecule has 0 spiro atoms. The fraction of sp³-hybridized carbons (Fsp3) is 1.00.